The molecule has 0 bridgehead atoms. The number of alkyl halides is 2. The molecule has 1 rings (SSSR count). The van der Waals surface area contributed by atoms with Gasteiger partial charge in [-0.3, -0.25) is 4.79 Å². The minimum atomic E-state index is -3.02. The number of carboxylic acids is 1. The van der Waals surface area contributed by atoms with Crippen LogP contribution in [0.3, 0.4) is 0 Å². The molecule has 0 radical (unpaired) electrons. The van der Waals surface area contributed by atoms with Crippen LogP contribution in [-0.4, -0.2) is 17.7 Å². The standard InChI is InChI=1S/C11H9F2NO3/c1-6-7(4-10(15)16)2-3-9(8(6)5-14)17-11(12)13/h2-3,11H,4H2,1H3,(H,15,16). The lowest BCUT2D eigenvalue weighted by Crippen LogP contribution is -2.07. The summed E-state index contributed by atoms with van der Waals surface area (Å²) >= 11 is 0. The summed E-state index contributed by atoms with van der Waals surface area (Å²) in [5, 5.41) is 17.5. The van der Waals surface area contributed by atoms with Crippen molar-refractivity contribution in [2.75, 3.05) is 0 Å². The lowest BCUT2D eigenvalue weighted by molar-refractivity contribution is -0.136. The molecular weight excluding hydrogens is 232 g/mol. The Labute approximate surface area is 96.0 Å². The summed E-state index contributed by atoms with van der Waals surface area (Å²) in [6.45, 7) is -1.53. The molecule has 1 aromatic rings. The number of carbonyl (C=O) groups is 1. The number of aliphatic carboxylic acids is 1. The number of ether oxygens (including phenoxy) is 1. The molecule has 1 aromatic carbocycles. The molecule has 0 aromatic heterocycles. The molecule has 0 fully saturated rings. The average Bonchev–Trinajstić information content (AvgIpc) is 2.21. The van der Waals surface area contributed by atoms with Crippen LogP contribution >= 0.6 is 0 Å². The first-order valence-corrected chi connectivity index (χ1v) is 4.65. The van der Waals surface area contributed by atoms with E-state index in [2.05, 4.69) is 4.74 Å². The first-order valence-electron chi connectivity index (χ1n) is 4.65. The van der Waals surface area contributed by atoms with Crippen molar-refractivity contribution in [3.63, 3.8) is 0 Å². The summed E-state index contributed by atoms with van der Waals surface area (Å²) in [5.41, 5.74) is 0.674. The predicted molar refractivity (Wildman–Crippen MR) is 53.9 cm³/mol. The topological polar surface area (TPSA) is 70.3 Å². The third kappa shape index (κ3) is 3.14. The number of nitrogens with zero attached hydrogens (tertiary/aromatic N) is 1. The van der Waals surface area contributed by atoms with E-state index in [9.17, 15) is 13.6 Å². The van der Waals surface area contributed by atoms with E-state index in [0.717, 1.165) is 0 Å². The predicted octanol–water partition coefficient (Wildman–Crippen LogP) is 2.10. The molecule has 0 atom stereocenters. The van der Waals surface area contributed by atoms with E-state index in [1.807, 2.05) is 0 Å². The van der Waals surface area contributed by atoms with Gasteiger partial charge < -0.3 is 9.84 Å². The molecule has 0 amide bonds. The number of rotatable bonds is 4. The average molecular weight is 241 g/mol. The van der Waals surface area contributed by atoms with E-state index in [0.29, 0.717) is 11.1 Å². The minimum absolute atomic E-state index is 0.0657. The van der Waals surface area contributed by atoms with Crippen LogP contribution in [0.4, 0.5) is 8.78 Å². The van der Waals surface area contributed by atoms with Crippen molar-refractivity contribution in [3.05, 3.63) is 28.8 Å². The molecule has 4 nitrogen and oxygen atoms in total. The van der Waals surface area contributed by atoms with Gasteiger partial charge in [0.2, 0.25) is 0 Å². The fraction of sp³-hybridized carbons (Fsp3) is 0.273. The fourth-order valence-electron chi connectivity index (χ4n) is 1.42. The third-order valence-corrected chi connectivity index (χ3v) is 2.21. The van der Waals surface area contributed by atoms with Crippen LogP contribution in [0.15, 0.2) is 12.1 Å². The Balaban J connectivity index is 3.18. The summed E-state index contributed by atoms with van der Waals surface area (Å²) in [5.74, 6) is -1.30. The van der Waals surface area contributed by atoms with Gasteiger partial charge in [-0.25, -0.2) is 0 Å². The SMILES string of the molecule is Cc1c(CC(=O)O)ccc(OC(F)F)c1C#N. The number of halogens is 2. The highest BCUT2D eigenvalue weighted by atomic mass is 19.3. The molecule has 0 spiro atoms. The minimum Gasteiger partial charge on any atom is -0.481 e. The van der Waals surface area contributed by atoms with Gasteiger partial charge in [-0.15, -0.1) is 0 Å². The second-order valence-electron chi connectivity index (χ2n) is 3.28. The Morgan fingerprint density at radius 1 is 1.59 bits per heavy atom. The van der Waals surface area contributed by atoms with Crippen LogP contribution in [0.5, 0.6) is 5.75 Å². The largest absolute Gasteiger partial charge is 0.481 e. The van der Waals surface area contributed by atoms with Crippen molar-refractivity contribution < 1.29 is 23.4 Å². The molecule has 0 saturated heterocycles. The van der Waals surface area contributed by atoms with Gasteiger partial charge in [0.15, 0.2) is 0 Å². The molecule has 1 N–H and O–H groups in total. The summed E-state index contributed by atoms with van der Waals surface area (Å²) in [7, 11) is 0. The maximum Gasteiger partial charge on any atom is 0.387 e. The Kier molecular flexibility index (Phi) is 3.99. The van der Waals surface area contributed by atoms with E-state index in [4.69, 9.17) is 10.4 Å². The van der Waals surface area contributed by atoms with E-state index < -0.39 is 12.6 Å². The van der Waals surface area contributed by atoms with Crippen LogP contribution in [0.2, 0.25) is 0 Å². The third-order valence-electron chi connectivity index (χ3n) is 2.21. The monoisotopic (exact) mass is 241 g/mol. The Morgan fingerprint density at radius 2 is 2.24 bits per heavy atom. The van der Waals surface area contributed by atoms with E-state index >= 15 is 0 Å². The molecule has 0 aliphatic rings. The van der Waals surface area contributed by atoms with Gasteiger partial charge in [0, 0.05) is 0 Å². The van der Waals surface area contributed by atoms with Gasteiger partial charge in [0.1, 0.15) is 11.8 Å². The van der Waals surface area contributed by atoms with Gasteiger partial charge in [-0.2, -0.15) is 14.0 Å². The van der Waals surface area contributed by atoms with Crippen LogP contribution in [0.25, 0.3) is 0 Å². The second-order valence-corrected chi connectivity index (χ2v) is 3.28. The van der Waals surface area contributed by atoms with Crippen LogP contribution in [-0.2, 0) is 11.2 Å². The first-order chi connectivity index (χ1) is 7.95. The molecule has 6 heteroatoms. The summed E-state index contributed by atoms with van der Waals surface area (Å²) in [6.07, 6.45) is -0.268. The van der Waals surface area contributed by atoms with Gasteiger partial charge in [0.05, 0.1) is 12.0 Å². The normalized spacial score (nSPS) is 10.1. The molecule has 90 valence electrons. The summed E-state index contributed by atoms with van der Waals surface area (Å²) < 4.78 is 28.3. The van der Waals surface area contributed by atoms with Crippen LogP contribution in [0, 0.1) is 18.3 Å². The molecule has 0 unspecified atom stereocenters. The molecule has 0 aliphatic heterocycles. The fourth-order valence-corrected chi connectivity index (χ4v) is 1.42. The Hall–Kier alpha value is -2.16. The highest BCUT2D eigenvalue weighted by Gasteiger charge is 2.15. The van der Waals surface area contributed by atoms with E-state index in [-0.39, 0.29) is 17.7 Å². The van der Waals surface area contributed by atoms with Gasteiger partial charge in [0.25, 0.3) is 0 Å². The number of hydrogen-bond donors (Lipinski definition) is 1. The van der Waals surface area contributed by atoms with Crippen molar-refractivity contribution >= 4 is 5.97 Å². The number of benzene rings is 1. The number of nitriles is 1. The van der Waals surface area contributed by atoms with Gasteiger partial charge in [-0.1, -0.05) is 6.07 Å². The highest BCUT2D eigenvalue weighted by Crippen LogP contribution is 2.26. The zero-order valence-electron chi connectivity index (χ0n) is 8.91. The van der Waals surface area contributed by atoms with Gasteiger partial charge >= 0.3 is 12.6 Å². The lowest BCUT2D eigenvalue weighted by atomic mass is 10.00. The smallest absolute Gasteiger partial charge is 0.387 e. The van der Waals surface area contributed by atoms with Crippen molar-refractivity contribution in [2.24, 2.45) is 0 Å². The summed E-state index contributed by atoms with van der Waals surface area (Å²) in [6, 6.07) is 4.27. The zero-order chi connectivity index (χ0) is 13.0. The Bertz CT molecular complexity index is 480. The van der Waals surface area contributed by atoms with Crippen molar-refractivity contribution in [1.82, 2.24) is 0 Å². The van der Waals surface area contributed by atoms with Crippen molar-refractivity contribution in [2.45, 2.75) is 20.0 Å². The second kappa shape index (κ2) is 5.25. The van der Waals surface area contributed by atoms with E-state index in [1.54, 1.807) is 6.07 Å². The zero-order valence-corrected chi connectivity index (χ0v) is 8.91. The lowest BCUT2D eigenvalue weighted by Gasteiger charge is -2.11. The molecular formula is C11H9F2NO3. The maximum atomic E-state index is 12.1. The molecule has 0 aliphatic carbocycles. The highest BCUT2D eigenvalue weighted by molar-refractivity contribution is 5.71. The molecule has 0 saturated carbocycles. The van der Waals surface area contributed by atoms with Crippen molar-refractivity contribution in [3.8, 4) is 11.8 Å². The maximum absolute atomic E-state index is 12.1. The Morgan fingerprint density at radius 3 is 2.71 bits per heavy atom. The quantitative estimate of drug-likeness (QED) is 0.876. The van der Waals surface area contributed by atoms with Crippen LogP contribution < -0.4 is 4.74 Å². The summed E-state index contributed by atoms with van der Waals surface area (Å²) in [4.78, 5) is 10.5. The van der Waals surface area contributed by atoms with E-state index in [1.165, 1.54) is 19.1 Å². The first kappa shape index (κ1) is 12.9. The number of hydrogen-bond acceptors (Lipinski definition) is 3. The number of carboxylic acid groups (broad SMARTS) is 1. The molecule has 17 heavy (non-hydrogen) atoms. The van der Waals surface area contributed by atoms with Crippen molar-refractivity contribution in [1.29, 1.82) is 5.26 Å². The van der Waals surface area contributed by atoms with Crippen LogP contribution in [0.1, 0.15) is 16.7 Å². The van der Waals surface area contributed by atoms with Gasteiger partial charge in [-0.05, 0) is 24.1 Å². The molecule has 0 heterocycles.